The minimum Gasteiger partial charge on any atom is -0.341 e. The van der Waals surface area contributed by atoms with Crippen LogP contribution in [0.3, 0.4) is 0 Å². The number of hydrogen-bond acceptors (Lipinski definition) is 3. The number of nitrogens with one attached hydrogen (secondary N) is 1. The molecule has 1 aliphatic rings. The second-order valence-electron chi connectivity index (χ2n) is 8.11. The predicted molar refractivity (Wildman–Crippen MR) is 121 cm³/mol. The molecular weight excluding hydrogens is 428 g/mol. The summed E-state index contributed by atoms with van der Waals surface area (Å²) in [5.74, 6) is -1.96. The van der Waals surface area contributed by atoms with Gasteiger partial charge >= 0.3 is 0 Å². The lowest BCUT2D eigenvalue weighted by molar-refractivity contribution is -0.134. The van der Waals surface area contributed by atoms with Crippen molar-refractivity contribution in [3.8, 4) is 0 Å². The van der Waals surface area contributed by atoms with E-state index in [-0.39, 0.29) is 28.9 Å². The molecule has 1 atom stereocenters. The summed E-state index contributed by atoms with van der Waals surface area (Å²) >= 11 is 0. The van der Waals surface area contributed by atoms with Crippen molar-refractivity contribution in [3.05, 3.63) is 71.3 Å². The molecule has 3 rings (SSSR count). The Kier molecular flexibility index (Phi) is 8.14. The van der Waals surface area contributed by atoms with Crippen LogP contribution in [0.15, 0.2) is 48.5 Å². The molecule has 1 heterocycles. The lowest BCUT2D eigenvalue weighted by atomic mass is 9.87. The maximum absolute atomic E-state index is 13.5. The Morgan fingerprint density at radius 2 is 1.61 bits per heavy atom. The van der Waals surface area contributed by atoms with Gasteiger partial charge in [0.15, 0.2) is 0 Å². The molecule has 0 spiro atoms. The van der Waals surface area contributed by atoms with Gasteiger partial charge in [0.25, 0.3) is 11.8 Å². The zero-order chi connectivity index (χ0) is 24.0. The molecule has 176 valence electrons. The molecule has 6 nitrogen and oxygen atoms in total. The van der Waals surface area contributed by atoms with E-state index in [4.69, 9.17) is 0 Å². The molecule has 8 heteroatoms. The number of hydrogen-bond donors (Lipinski definition) is 1. The van der Waals surface area contributed by atoms with Crippen LogP contribution >= 0.6 is 0 Å². The smallest absolute Gasteiger partial charge is 0.253 e. The van der Waals surface area contributed by atoms with E-state index >= 15 is 0 Å². The quantitative estimate of drug-likeness (QED) is 0.692. The molecule has 1 fully saturated rings. The lowest BCUT2D eigenvalue weighted by Crippen LogP contribution is -2.54. The Balaban J connectivity index is 1.73. The van der Waals surface area contributed by atoms with Gasteiger partial charge < -0.3 is 15.1 Å². The van der Waals surface area contributed by atoms with Crippen molar-refractivity contribution in [1.82, 2.24) is 15.1 Å². The summed E-state index contributed by atoms with van der Waals surface area (Å²) in [6.07, 6.45) is 1.03. The Morgan fingerprint density at radius 3 is 2.18 bits per heavy atom. The van der Waals surface area contributed by atoms with Crippen LogP contribution in [-0.4, -0.2) is 59.7 Å². The average Bonchev–Trinajstić information content (AvgIpc) is 2.83. The van der Waals surface area contributed by atoms with Crippen molar-refractivity contribution in [2.45, 2.75) is 32.7 Å². The molecule has 1 N–H and O–H groups in total. The van der Waals surface area contributed by atoms with Crippen molar-refractivity contribution < 1.29 is 23.2 Å². The third-order valence-corrected chi connectivity index (χ3v) is 6.10. The van der Waals surface area contributed by atoms with Crippen LogP contribution in [0.25, 0.3) is 0 Å². The van der Waals surface area contributed by atoms with Crippen molar-refractivity contribution in [1.29, 1.82) is 0 Å². The predicted octanol–water partition coefficient (Wildman–Crippen LogP) is 3.48. The molecule has 3 amide bonds. The lowest BCUT2D eigenvalue weighted by Gasteiger charge is -2.37. The molecule has 0 radical (unpaired) electrons. The summed E-state index contributed by atoms with van der Waals surface area (Å²) in [5, 5.41) is 2.85. The largest absolute Gasteiger partial charge is 0.341 e. The molecule has 0 aromatic heterocycles. The molecule has 33 heavy (non-hydrogen) atoms. The number of carbonyl (C=O) groups is 3. The fourth-order valence-corrected chi connectivity index (χ4v) is 4.18. The topological polar surface area (TPSA) is 69.7 Å². The zero-order valence-corrected chi connectivity index (χ0v) is 18.9. The third kappa shape index (κ3) is 5.94. The summed E-state index contributed by atoms with van der Waals surface area (Å²) < 4.78 is 26.7. The van der Waals surface area contributed by atoms with Crippen LogP contribution in [0, 0.1) is 17.6 Å². The van der Waals surface area contributed by atoms with E-state index in [0.29, 0.717) is 39.0 Å². The standard InChI is InChI=1S/C25H29F2N3O3/c1-3-29(4-2)25(33)22(28-23(31)18-8-10-20(26)11-9-18)17-12-14-30(15-13-17)24(32)19-6-5-7-21(27)16-19/h5-11,16-17,22H,3-4,12-15H2,1-2H3,(H,28,31). The van der Waals surface area contributed by atoms with E-state index in [2.05, 4.69) is 5.32 Å². The van der Waals surface area contributed by atoms with Crippen LogP contribution in [0.5, 0.6) is 0 Å². The van der Waals surface area contributed by atoms with Crippen LogP contribution in [0.2, 0.25) is 0 Å². The summed E-state index contributed by atoms with van der Waals surface area (Å²) in [6.45, 7) is 5.56. The van der Waals surface area contributed by atoms with Gasteiger partial charge in [0.05, 0.1) is 0 Å². The molecular formula is C25H29F2N3O3. The maximum atomic E-state index is 13.5. The number of piperidine rings is 1. The number of benzene rings is 2. The Bertz CT molecular complexity index is 985. The van der Waals surface area contributed by atoms with Gasteiger partial charge in [0, 0.05) is 37.3 Å². The van der Waals surface area contributed by atoms with Crippen molar-refractivity contribution in [2.75, 3.05) is 26.2 Å². The van der Waals surface area contributed by atoms with Gasteiger partial charge in [-0.2, -0.15) is 0 Å². The first-order valence-electron chi connectivity index (χ1n) is 11.2. The monoisotopic (exact) mass is 457 g/mol. The van der Waals surface area contributed by atoms with Crippen molar-refractivity contribution in [2.24, 2.45) is 5.92 Å². The Morgan fingerprint density at radius 1 is 0.970 bits per heavy atom. The number of nitrogens with zero attached hydrogens (tertiary/aromatic N) is 2. The van der Waals surface area contributed by atoms with E-state index in [0.717, 1.165) is 0 Å². The molecule has 2 aromatic carbocycles. The average molecular weight is 458 g/mol. The fourth-order valence-electron chi connectivity index (χ4n) is 4.18. The summed E-state index contributed by atoms with van der Waals surface area (Å²) in [4.78, 5) is 42.1. The molecule has 0 bridgehead atoms. The number of amides is 3. The zero-order valence-electron chi connectivity index (χ0n) is 18.9. The third-order valence-electron chi connectivity index (χ3n) is 6.10. The Labute approximate surface area is 192 Å². The molecule has 0 aliphatic carbocycles. The number of likely N-dealkylation sites (N-methyl/N-ethyl adjacent to an activating group) is 1. The highest BCUT2D eigenvalue weighted by molar-refractivity contribution is 5.97. The molecule has 2 aromatic rings. The molecule has 1 saturated heterocycles. The number of rotatable bonds is 7. The van der Waals surface area contributed by atoms with Gasteiger partial charge in [0.1, 0.15) is 17.7 Å². The van der Waals surface area contributed by atoms with Crippen molar-refractivity contribution >= 4 is 17.7 Å². The van der Waals surface area contributed by atoms with Crippen LogP contribution in [-0.2, 0) is 4.79 Å². The number of likely N-dealkylation sites (tertiary alicyclic amines) is 1. The first-order chi connectivity index (χ1) is 15.8. The van der Waals surface area contributed by atoms with E-state index < -0.39 is 23.6 Å². The van der Waals surface area contributed by atoms with Gasteiger partial charge in [-0.25, -0.2) is 8.78 Å². The second-order valence-corrected chi connectivity index (χ2v) is 8.11. The molecule has 0 saturated carbocycles. The summed E-state index contributed by atoms with van der Waals surface area (Å²) in [6, 6.07) is 9.98. The highest BCUT2D eigenvalue weighted by Gasteiger charge is 2.35. The number of carbonyl (C=O) groups excluding carboxylic acids is 3. The summed E-state index contributed by atoms with van der Waals surface area (Å²) in [5.41, 5.74) is 0.557. The first kappa shape index (κ1) is 24.4. The fraction of sp³-hybridized carbons (Fsp3) is 0.400. The minimum atomic E-state index is -0.756. The normalized spacial score (nSPS) is 15.1. The highest BCUT2D eigenvalue weighted by Crippen LogP contribution is 2.24. The molecule has 1 aliphatic heterocycles. The SMILES string of the molecule is CCN(CC)C(=O)C(NC(=O)c1ccc(F)cc1)C1CCN(C(=O)c2cccc(F)c2)CC1. The van der Waals surface area contributed by atoms with E-state index in [1.165, 1.54) is 42.5 Å². The van der Waals surface area contributed by atoms with E-state index in [1.54, 1.807) is 15.9 Å². The second kappa shape index (κ2) is 11.0. The van der Waals surface area contributed by atoms with Crippen LogP contribution in [0.1, 0.15) is 47.4 Å². The van der Waals surface area contributed by atoms with Gasteiger partial charge in [-0.05, 0) is 75.1 Å². The van der Waals surface area contributed by atoms with Gasteiger partial charge in [0.2, 0.25) is 5.91 Å². The first-order valence-corrected chi connectivity index (χ1v) is 11.2. The minimum absolute atomic E-state index is 0.168. The van der Waals surface area contributed by atoms with Gasteiger partial charge in [-0.3, -0.25) is 14.4 Å². The Hall–Kier alpha value is -3.29. The van der Waals surface area contributed by atoms with Gasteiger partial charge in [-0.15, -0.1) is 0 Å². The van der Waals surface area contributed by atoms with E-state index in [1.807, 2.05) is 13.8 Å². The van der Waals surface area contributed by atoms with E-state index in [9.17, 15) is 23.2 Å². The maximum Gasteiger partial charge on any atom is 0.253 e. The molecule has 1 unspecified atom stereocenters. The van der Waals surface area contributed by atoms with Crippen LogP contribution in [0.4, 0.5) is 8.78 Å². The van der Waals surface area contributed by atoms with Crippen molar-refractivity contribution in [3.63, 3.8) is 0 Å². The van der Waals surface area contributed by atoms with Gasteiger partial charge in [-0.1, -0.05) is 6.07 Å². The summed E-state index contributed by atoms with van der Waals surface area (Å²) in [7, 11) is 0. The number of halogens is 2. The van der Waals surface area contributed by atoms with Crippen LogP contribution < -0.4 is 5.32 Å². The highest BCUT2D eigenvalue weighted by atomic mass is 19.1.